The highest BCUT2D eigenvalue weighted by Crippen LogP contribution is 2.35. The zero-order valence-electron chi connectivity index (χ0n) is 7.90. The minimum atomic E-state index is 0.129. The predicted molar refractivity (Wildman–Crippen MR) is 49.3 cm³/mol. The summed E-state index contributed by atoms with van der Waals surface area (Å²) in [5.41, 5.74) is 5.34. The van der Waals surface area contributed by atoms with E-state index >= 15 is 0 Å². The summed E-state index contributed by atoms with van der Waals surface area (Å²) < 4.78 is 5.13. The molecule has 1 atom stereocenters. The van der Waals surface area contributed by atoms with Crippen molar-refractivity contribution in [3.05, 3.63) is 0 Å². The number of aromatic nitrogens is 2. The summed E-state index contributed by atoms with van der Waals surface area (Å²) in [5, 5.41) is 7.45. The Balaban J connectivity index is 2.06. The highest BCUT2D eigenvalue weighted by molar-refractivity contribution is 5.28. The van der Waals surface area contributed by atoms with Gasteiger partial charge in [-0.25, -0.2) is 0 Å². The summed E-state index contributed by atoms with van der Waals surface area (Å²) in [6, 6.07) is 1.10. The van der Waals surface area contributed by atoms with E-state index in [0.29, 0.717) is 12.1 Å². The van der Waals surface area contributed by atoms with Gasteiger partial charge < -0.3 is 15.1 Å². The van der Waals surface area contributed by atoms with Crippen molar-refractivity contribution in [2.45, 2.75) is 25.8 Å². The van der Waals surface area contributed by atoms with Gasteiger partial charge in [0.1, 0.15) is 0 Å². The molecule has 0 aliphatic heterocycles. The van der Waals surface area contributed by atoms with Crippen molar-refractivity contribution in [1.29, 1.82) is 0 Å². The van der Waals surface area contributed by atoms with Gasteiger partial charge in [-0.3, -0.25) is 0 Å². The number of anilines is 2. The van der Waals surface area contributed by atoms with Gasteiger partial charge in [-0.15, -0.1) is 0 Å². The van der Waals surface area contributed by atoms with Gasteiger partial charge in [0.2, 0.25) is 0 Å². The summed E-state index contributed by atoms with van der Waals surface area (Å²) >= 11 is 0. The first kappa shape index (κ1) is 8.34. The standard InChI is InChI=1S/C8H14N4O/c1-5(6-3-4-6)12(2)8-11-10-7(9)13-8/h5-6H,3-4H2,1-2H3,(H2,9,10). The second-order valence-corrected chi connectivity index (χ2v) is 3.61. The molecule has 0 amide bonds. The zero-order chi connectivity index (χ0) is 9.42. The van der Waals surface area contributed by atoms with Crippen LogP contribution in [0.2, 0.25) is 0 Å². The SMILES string of the molecule is CC(C1CC1)N(C)c1nnc(N)o1. The molecular formula is C8H14N4O. The molecule has 5 nitrogen and oxygen atoms in total. The first-order chi connectivity index (χ1) is 6.18. The van der Waals surface area contributed by atoms with Crippen LogP contribution in [0, 0.1) is 5.92 Å². The van der Waals surface area contributed by atoms with Crippen molar-refractivity contribution in [1.82, 2.24) is 10.2 Å². The lowest BCUT2D eigenvalue weighted by atomic mass is 10.2. The minimum Gasteiger partial charge on any atom is -0.390 e. The van der Waals surface area contributed by atoms with E-state index in [-0.39, 0.29) is 6.01 Å². The number of nitrogens with two attached hydrogens (primary N) is 1. The summed E-state index contributed by atoms with van der Waals surface area (Å²) in [5.74, 6) is 0.776. The number of hydrogen-bond acceptors (Lipinski definition) is 5. The van der Waals surface area contributed by atoms with E-state index in [4.69, 9.17) is 10.2 Å². The molecule has 2 rings (SSSR count). The smallest absolute Gasteiger partial charge is 0.319 e. The van der Waals surface area contributed by atoms with Crippen LogP contribution >= 0.6 is 0 Å². The van der Waals surface area contributed by atoms with Gasteiger partial charge in [0.05, 0.1) is 0 Å². The van der Waals surface area contributed by atoms with Crippen LogP contribution in [0.1, 0.15) is 19.8 Å². The molecule has 0 saturated heterocycles. The predicted octanol–water partition coefficient (Wildman–Crippen LogP) is 0.887. The van der Waals surface area contributed by atoms with Crippen LogP contribution < -0.4 is 10.6 Å². The Labute approximate surface area is 76.9 Å². The molecule has 2 N–H and O–H groups in total. The molecule has 1 unspecified atom stereocenters. The maximum atomic E-state index is 5.34. The van der Waals surface area contributed by atoms with Crippen LogP contribution in [0.4, 0.5) is 12.0 Å². The molecule has 1 heterocycles. The Bertz CT molecular complexity index is 294. The average Bonchev–Trinajstić information content (AvgIpc) is 2.87. The van der Waals surface area contributed by atoms with E-state index in [2.05, 4.69) is 17.1 Å². The third kappa shape index (κ3) is 1.59. The molecule has 13 heavy (non-hydrogen) atoms. The number of nitrogens with zero attached hydrogens (tertiary/aromatic N) is 3. The fourth-order valence-electron chi connectivity index (χ4n) is 1.44. The lowest BCUT2D eigenvalue weighted by molar-refractivity contribution is 0.511. The maximum absolute atomic E-state index is 5.34. The van der Waals surface area contributed by atoms with Crippen molar-refractivity contribution in [3.63, 3.8) is 0 Å². The first-order valence-corrected chi connectivity index (χ1v) is 4.50. The van der Waals surface area contributed by atoms with Gasteiger partial charge in [-0.2, -0.15) is 0 Å². The molecule has 1 saturated carbocycles. The molecule has 1 aromatic rings. The lowest BCUT2D eigenvalue weighted by Gasteiger charge is -2.21. The van der Waals surface area contributed by atoms with E-state index in [1.165, 1.54) is 12.8 Å². The fourth-order valence-corrected chi connectivity index (χ4v) is 1.44. The Morgan fingerprint density at radius 3 is 2.69 bits per heavy atom. The maximum Gasteiger partial charge on any atom is 0.319 e. The van der Waals surface area contributed by atoms with Gasteiger partial charge in [-0.1, -0.05) is 10.2 Å². The zero-order valence-corrected chi connectivity index (χ0v) is 7.90. The van der Waals surface area contributed by atoms with Crippen LogP contribution in [-0.2, 0) is 0 Å². The Hall–Kier alpha value is -1.26. The first-order valence-electron chi connectivity index (χ1n) is 4.50. The second kappa shape index (κ2) is 2.90. The van der Waals surface area contributed by atoms with Gasteiger partial charge in [0.25, 0.3) is 0 Å². The Morgan fingerprint density at radius 1 is 1.54 bits per heavy atom. The van der Waals surface area contributed by atoms with E-state index in [1.807, 2.05) is 11.9 Å². The van der Waals surface area contributed by atoms with E-state index in [1.54, 1.807) is 0 Å². The van der Waals surface area contributed by atoms with Crippen LogP contribution in [-0.4, -0.2) is 23.3 Å². The lowest BCUT2D eigenvalue weighted by Crippen LogP contribution is -2.30. The summed E-state index contributed by atoms with van der Waals surface area (Å²) in [6.07, 6.45) is 2.60. The molecule has 0 spiro atoms. The molecule has 0 bridgehead atoms. The van der Waals surface area contributed by atoms with Gasteiger partial charge in [-0.05, 0) is 25.7 Å². The Morgan fingerprint density at radius 2 is 2.23 bits per heavy atom. The summed E-state index contributed by atoms with van der Waals surface area (Å²) in [4.78, 5) is 1.99. The van der Waals surface area contributed by atoms with Crippen molar-refractivity contribution in [2.75, 3.05) is 17.7 Å². The highest BCUT2D eigenvalue weighted by Gasteiger charge is 2.32. The van der Waals surface area contributed by atoms with Crippen LogP contribution in [0.5, 0.6) is 0 Å². The van der Waals surface area contributed by atoms with Crippen molar-refractivity contribution >= 4 is 12.0 Å². The van der Waals surface area contributed by atoms with Crippen LogP contribution in [0.3, 0.4) is 0 Å². The summed E-state index contributed by atoms with van der Waals surface area (Å²) in [6.45, 7) is 2.16. The van der Waals surface area contributed by atoms with Gasteiger partial charge in [0.15, 0.2) is 0 Å². The monoisotopic (exact) mass is 182 g/mol. The number of nitrogen functional groups attached to an aromatic ring is 1. The third-order valence-electron chi connectivity index (χ3n) is 2.65. The molecule has 0 radical (unpaired) electrons. The van der Waals surface area contributed by atoms with Crippen molar-refractivity contribution in [2.24, 2.45) is 5.92 Å². The molecule has 1 aromatic heterocycles. The van der Waals surface area contributed by atoms with Crippen molar-refractivity contribution in [3.8, 4) is 0 Å². The molecule has 0 aromatic carbocycles. The van der Waals surface area contributed by atoms with Crippen LogP contribution in [0.25, 0.3) is 0 Å². The molecular weight excluding hydrogens is 168 g/mol. The normalized spacial score (nSPS) is 18.6. The fraction of sp³-hybridized carbons (Fsp3) is 0.750. The van der Waals surface area contributed by atoms with E-state index < -0.39 is 0 Å². The summed E-state index contributed by atoms with van der Waals surface area (Å²) in [7, 11) is 1.95. The van der Waals surface area contributed by atoms with E-state index in [9.17, 15) is 0 Å². The van der Waals surface area contributed by atoms with Gasteiger partial charge in [0, 0.05) is 13.1 Å². The number of hydrogen-bond donors (Lipinski definition) is 1. The van der Waals surface area contributed by atoms with Crippen molar-refractivity contribution < 1.29 is 4.42 Å². The van der Waals surface area contributed by atoms with E-state index in [0.717, 1.165) is 5.92 Å². The Kier molecular flexibility index (Phi) is 1.86. The topological polar surface area (TPSA) is 68.2 Å². The molecule has 5 heteroatoms. The number of rotatable bonds is 3. The largest absolute Gasteiger partial charge is 0.390 e. The van der Waals surface area contributed by atoms with Gasteiger partial charge >= 0.3 is 12.0 Å². The molecule has 1 aliphatic carbocycles. The molecule has 1 aliphatic rings. The molecule has 72 valence electrons. The molecule has 1 fully saturated rings. The van der Waals surface area contributed by atoms with Crippen LogP contribution in [0.15, 0.2) is 4.42 Å². The second-order valence-electron chi connectivity index (χ2n) is 3.61. The third-order valence-corrected chi connectivity index (χ3v) is 2.65. The quantitative estimate of drug-likeness (QED) is 0.751. The average molecular weight is 182 g/mol. The minimum absolute atomic E-state index is 0.129. The highest BCUT2D eigenvalue weighted by atomic mass is 16.4.